The van der Waals surface area contributed by atoms with E-state index in [1.165, 1.54) is 4.88 Å². The van der Waals surface area contributed by atoms with E-state index in [-0.39, 0.29) is 17.9 Å². The van der Waals surface area contributed by atoms with Crippen LogP contribution in [0.1, 0.15) is 40.9 Å². The maximum atomic E-state index is 12.9. The number of hydrogen-bond acceptors (Lipinski definition) is 4. The number of nitrogens with two attached hydrogens (primary N) is 1. The summed E-state index contributed by atoms with van der Waals surface area (Å²) in [6.45, 7) is 1.56. The van der Waals surface area contributed by atoms with Gasteiger partial charge in [0, 0.05) is 41.7 Å². The molecule has 0 radical (unpaired) electrons. The Bertz CT molecular complexity index is 836. The smallest absolute Gasteiger partial charge is 0.253 e. The lowest BCUT2D eigenvalue weighted by Crippen LogP contribution is -2.33. The fraction of sp³-hybridized carbons (Fsp3) is 0.455. The van der Waals surface area contributed by atoms with Crippen LogP contribution < -0.4 is 11.1 Å². The molecular formula is C22H27N3O2S. The molecule has 1 aromatic carbocycles. The van der Waals surface area contributed by atoms with E-state index in [1.807, 2.05) is 29.2 Å². The number of carbonyl (C=O) groups excluding carboxylic acids is 2. The van der Waals surface area contributed by atoms with Gasteiger partial charge in [-0.15, -0.1) is 11.3 Å². The highest BCUT2D eigenvalue weighted by atomic mass is 32.1. The molecule has 2 heterocycles. The van der Waals surface area contributed by atoms with E-state index in [4.69, 9.17) is 5.73 Å². The van der Waals surface area contributed by atoms with Gasteiger partial charge >= 0.3 is 0 Å². The number of likely N-dealkylation sites (tertiary alicyclic amines) is 1. The lowest BCUT2D eigenvalue weighted by atomic mass is 9.98. The summed E-state index contributed by atoms with van der Waals surface area (Å²) < 4.78 is 0. The van der Waals surface area contributed by atoms with Gasteiger partial charge in [0.05, 0.1) is 0 Å². The van der Waals surface area contributed by atoms with Crippen molar-refractivity contribution >= 4 is 28.8 Å². The number of fused-ring (bicyclic) bond motifs is 1. The van der Waals surface area contributed by atoms with Crippen LogP contribution in [0.25, 0.3) is 0 Å². The molecule has 3 atom stereocenters. The van der Waals surface area contributed by atoms with Crippen LogP contribution in [0, 0.1) is 11.8 Å². The lowest BCUT2D eigenvalue weighted by molar-refractivity contribution is -0.116. The number of nitrogens with one attached hydrogen (secondary N) is 1. The maximum absolute atomic E-state index is 12.9. The Hall–Kier alpha value is -2.18. The molecule has 5 nitrogen and oxygen atoms in total. The van der Waals surface area contributed by atoms with Crippen molar-refractivity contribution in [2.24, 2.45) is 17.6 Å². The largest absolute Gasteiger partial charge is 0.338 e. The zero-order chi connectivity index (χ0) is 19.5. The average Bonchev–Trinajstić information content (AvgIpc) is 3.41. The number of carbonyl (C=O) groups is 2. The van der Waals surface area contributed by atoms with E-state index in [0.717, 1.165) is 38.8 Å². The number of aryl methyl sites for hydroxylation is 1. The van der Waals surface area contributed by atoms with Crippen LogP contribution >= 0.6 is 11.3 Å². The molecule has 6 heteroatoms. The highest BCUT2D eigenvalue weighted by Crippen LogP contribution is 2.37. The van der Waals surface area contributed by atoms with Crippen LogP contribution in [0.2, 0.25) is 0 Å². The van der Waals surface area contributed by atoms with Crippen molar-refractivity contribution in [1.82, 2.24) is 4.90 Å². The number of benzene rings is 1. The Kier molecular flexibility index (Phi) is 5.78. The van der Waals surface area contributed by atoms with E-state index >= 15 is 0 Å². The molecule has 1 aliphatic carbocycles. The predicted molar refractivity (Wildman–Crippen MR) is 112 cm³/mol. The molecule has 0 bridgehead atoms. The van der Waals surface area contributed by atoms with Crippen molar-refractivity contribution in [3.05, 3.63) is 52.2 Å². The molecule has 3 unspecified atom stereocenters. The first-order valence-electron chi connectivity index (χ1n) is 10.1. The number of amides is 2. The fourth-order valence-electron chi connectivity index (χ4n) is 4.49. The second-order valence-corrected chi connectivity index (χ2v) is 8.97. The van der Waals surface area contributed by atoms with Crippen LogP contribution in [-0.4, -0.2) is 35.8 Å². The minimum Gasteiger partial charge on any atom is -0.338 e. The van der Waals surface area contributed by atoms with E-state index in [1.54, 1.807) is 17.4 Å². The molecule has 1 aromatic heterocycles. The molecule has 148 valence electrons. The first-order chi connectivity index (χ1) is 13.6. The third-order valence-electron chi connectivity index (χ3n) is 6.00. The predicted octanol–water partition coefficient (Wildman–Crippen LogP) is 3.52. The first kappa shape index (κ1) is 19.2. The second-order valence-electron chi connectivity index (χ2n) is 7.94. The zero-order valence-electron chi connectivity index (χ0n) is 16.0. The molecule has 2 aliphatic rings. The minimum absolute atomic E-state index is 0.0113. The molecule has 1 aliphatic heterocycles. The summed E-state index contributed by atoms with van der Waals surface area (Å²) in [5, 5.41) is 4.98. The van der Waals surface area contributed by atoms with E-state index in [2.05, 4.69) is 16.8 Å². The van der Waals surface area contributed by atoms with Crippen molar-refractivity contribution in [2.45, 2.75) is 38.1 Å². The molecule has 2 fully saturated rings. The van der Waals surface area contributed by atoms with Crippen LogP contribution in [0.4, 0.5) is 5.69 Å². The SMILES string of the molecule is NC1CCC2CN(C(=O)c3cccc(NC(=O)CCCc4cccs4)c3)CC12. The lowest BCUT2D eigenvalue weighted by Gasteiger charge is -2.19. The van der Waals surface area contributed by atoms with Crippen LogP contribution in [0.15, 0.2) is 41.8 Å². The number of nitrogens with zero attached hydrogens (tertiary/aromatic N) is 1. The molecule has 2 aromatic rings. The third-order valence-corrected chi connectivity index (χ3v) is 6.94. The molecule has 28 heavy (non-hydrogen) atoms. The summed E-state index contributed by atoms with van der Waals surface area (Å²) in [5.41, 5.74) is 7.50. The van der Waals surface area contributed by atoms with Crippen molar-refractivity contribution < 1.29 is 9.59 Å². The molecule has 1 saturated carbocycles. The zero-order valence-corrected chi connectivity index (χ0v) is 16.8. The highest BCUT2D eigenvalue weighted by molar-refractivity contribution is 7.09. The minimum atomic E-state index is -0.0113. The Balaban J connectivity index is 1.31. The van der Waals surface area contributed by atoms with Gasteiger partial charge in [-0.25, -0.2) is 0 Å². The first-order valence-corrected chi connectivity index (χ1v) is 11.0. The number of rotatable bonds is 6. The molecule has 2 amide bonds. The van der Waals surface area contributed by atoms with Crippen molar-refractivity contribution in [1.29, 1.82) is 0 Å². The molecule has 3 N–H and O–H groups in total. The monoisotopic (exact) mass is 397 g/mol. The molecule has 0 spiro atoms. The van der Waals surface area contributed by atoms with Gasteiger partial charge in [0.15, 0.2) is 0 Å². The summed E-state index contributed by atoms with van der Waals surface area (Å²) in [5.74, 6) is 1.01. The average molecular weight is 398 g/mol. The van der Waals surface area contributed by atoms with Gasteiger partial charge < -0.3 is 16.0 Å². The third kappa shape index (κ3) is 4.28. The Morgan fingerprint density at radius 3 is 2.86 bits per heavy atom. The Morgan fingerprint density at radius 1 is 1.18 bits per heavy atom. The van der Waals surface area contributed by atoms with Gasteiger partial charge in [-0.2, -0.15) is 0 Å². The summed E-state index contributed by atoms with van der Waals surface area (Å²) >= 11 is 1.72. The van der Waals surface area contributed by atoms with Gasteiger partial charge in [-0.3, -0.25) is 9.59 Å². The summed E-state index contributed by atoms with van der Waals surface area (Å²) in [7, 11) is 0. The highest BCUT2D eigenvalue weighted by Gasteiger charge is 2.42. The Morgan fingerprint density at radius 2 is 2.07 bits per heavy atom. The number of anilines is 1. The van der Waals surface area contributed by atoms with E-state index in [9.17, 15) is 9.59 Å². The van der Waals surface area contributed by atoms with Gasteiger partial charge in [0.1, 0.15) is 0 Å². The normalized spacial score (nSPS) is 23.6. The second kappa shape index (κ2) is 8.45. The number of thiophene rings is 1. The Labute approximate surface area is 169 Å². The summed E-state index contributed by atoms with van der Waals surface area (Å²) in [4.78, 5) is 28.4. The standard InChI is InChI=1S/C22H27N3O2S/c23-20-10-9-16-13-25(14-19(16)20)22(27)15-4-1-5-17(12-15)24-21(26)8-2-6-18-7-3-11-28-18/h1,3-5,7,11-12,16,19-20H,2,6,8-10,13-14,23H2,(H,24,26). The van der Waals surface area contributed by atoms with Gasteiger partial charge in [0.2, 0.25) is 5.91 Å². The van der Waals surface area contributed by atoms with Crippen molar-refractivity contribution in [3.8, 4) is 0 Å². The van der Waals surface area contributed by atoms with Crippen molar-refractivity contribution in [3.63, 3.8) is 0 Å². The quantitative estimate of drug-likeness (QED) is 0.783. The van der Waals surface area contributed by atoms with Crippen LogP contribution in [0.3, 0.4) is 0 Å². The van der Waals surface area contributed by atoms with E-state index < -0.39 is 0 Å². The topological polar surface area (TPSA) is 75.4 Å². The van der Waals surface area contributed by atoms with Crippen molar-refractivity contribution in [2.75, 3.05) is 18.4 Å². The van der Waals surface area contributed by atoms with Gasteiger partial charge in [-0.1, -0.05) is 12.1 Å². The molecular weight excluding hydrogens is 370 g/mol. The molecule has 1 saturated heterocycles. The molecule has 4 rings (SSSR count). The van der Waals surface area contributed by atoms with E-state index in [0.29, 0.717) is 29.5 Å². The fourth-order valence-corrected chi connectivity index (χ4v) is 5.24. The maximum Gasteiger partial charge on any atom is 0.253 e. The number of hydrogen-bond donors (Lipinski definition) is 2. The van der Waals surface area contributed by atoms with Crippen LogP contribution in [0.5, 0.6) is 0 Å². The van der Waals surface area contributed by atoms with Crippen LogP contribution in [-0.2, 0) is 11.2 Å². The summed E-state index contributed by atoms with van der Waals surface area (Å²) in [6, 6.07) is 11.6. The van der Waals surface area contributed by atoms with Gasteiger partial charge in [0.25, 0.3) is 5.91 Å². The summed E-state index contributed by atoms with van der Waals surface area (Å²) in [6.07, 6.45) is 4.41. The van der Waals surface area contributed by atoms with Gasteiger partial charge in [-0.05, 0) is 67.2 Å².